The van der Waals surface area contributed by atoms with E-state index >= 15 is 0 Å². The van der Waals surface area contributed by atoms with Crippen LogP contribution in [0.3, 0.4) is 0 Å². The average Bonchev–Trinajstić information content (AvgIpc) is 2.26. The Morgan fingerprint density at radius 1 is 1.00 bits per heavy atom. The van der Waals surface area contributed by atoms with E-state index in [1.54, 1.807) is 0 Å². The van der Waals surface area contributed by atoms with Gasteiger partial charge in [0.05, 0.1) is 6.07 Å². The molecule has 0 fully saturated rings. The Bertz CT molecular complexity index is 241. The van der Waals surface area contributed by atoms with Crippen LogP contribution in [0.25, 0.3) is 0 Å². The van der Waals surface area contributed by atoms with Gasteiger partial charge in [0.15, 0.2) is 0 Å². The van der Waals surface area contributed by atoms with Crippen molar-refractivity contribution in [1.82, 2.24) is 0 Å². The first-order chi connectivity index (χ1) is 7.41. The van der Waals surface area contributed by atoms with Crippen molar-refractivity contribution in [3.8, 4) is 6.07 Å². The molecule has 0 bridgehead atoms. The van der Waals surface area contributed by atoms with Crippen molar-refractivity contribution < 1.29 is 0 Å². The molecule has 0 rings (SSSR count). The summed E-state index contributed by atoms with van der Waals surface area (Å²) in [5.41, 5.74) is 0. The topological polar surface area (TPSA) is 23.8 Å². The molecule has 0 saturated carbocycles. The summed E-state index contributed by atoms with van der Waals surface area (Å²) >= 11 is 0. The summed E-state index contributed by atoms with van der Waals surface area (Å²) in [5.74, 6) is 0. The van der Waals surface area contributed by atoms with Crippen LogP contribution in [0.1, 0.15) is 45.4 Å². The Morgan fingerprint density at radius 2 is 1.80 bits per heavy atom. The van der Waals surface area contributed by atoms with Crippen LogP contribution < -0.4 is 0 Å². The summed E-state index contributed by atoms with van der Waals surface area (Å²) in [6, 6.07) is 2.15. The smallest absolute Gasteiger partial charge is 0.0621 e. The van der Waals surface area contributed by atoms with Crippen molar-refractivity contribution in [3.63, 3.8) is 0 Å². The highest BCUT2D eigenvalue weighted by molar-refractivity contribution is 5.04. The van der Waals surface area contributed by atoms with E-state index in [0.717, 1.165) is 32.1 Å². The Morgan fingerprint density at radius 3 is 2.53 bits per heavy atom. The number of unbranched alkanes of at least 4 members (excludes halogenated alkanes) is 3. The van der Waals surface area contributed by atoms with Gasteiger partial charge in [-0.05, 0) is 32.1 Å². The summed E-state index contributed by atoms with van der Waals surface area (Å²) in [4.78, 5) is 0. The molecule has 0 heterocycles. The molecule has 0 spiro atoms. The van der Waals surface area contributed by atoms with Crippen LogP contribution >= 0.6 is 0 Å². The Hall–Kier alpha value is -1.29. The molecule has 1 nitrogen and oxygen atoms in total. The largest absolute Gasteiger partial charge is 0.198 e. The van der Waals surface area contributed by atoms with E-state index < -0.39 is 0 Å². The summed E-state index contributed by atoms with van der Waals surface area (Å²) in [7, 11) is 0. The SMILES string of the molecule is CC/C=C/C/C=C/C=C/CCCCC#N. The van der Waals surface area contributed by atoms with Crippen LogP contribution in [0.5, 0.6) is 0 Å². The molecule has 0 aromatic rings. The van der Waals surface area contributed by atoms with E-state index in [4.69, 9.17) is 5.26 Å². The second-order valence-electron chi connectivity index (χ2n) is 3.38. The van der Waals surface area contributed by atoms with Crippen molar-refractivity contribution in [2.75, 3.05) is 0 Å². The van der Waals surface area contributed by atoms with Gasteiger partial charge in [-0.3, -0.25) is 0 Å². The lowest BCUT2D eigenvalue weighted by atomic mass is 10.2. The fourth-order valence-electron chi connectivity index (χ4n) is 1.14. The van der Waals surface area contributed by atoms with Gasteiger partial charge in [0.25, 0.3) is 0 Å². The minimum Gasteiger partial charge on any atom is -0.198 e. The third kappa shape index (κ3) is 12.7. The van der Waals surface area contributed by atoms with E-state index in [-0.39, 0.29) is 0 Å². The summed E-state index contributed by atoms with van der Waals surface area (Å²) in [5, 5.41) is 8.32. The molecule has 0 aromatic carbocycles. The molecule has 0 saturated heterocycles. The normalized spacial score (nSPS) is 11.7. The minimum absolute atomic E-state index is 0.686. The predicted molar refractivity (Wildman–Crippen MR) is 66.4 cm³/mol. The van der Waals surface area contributed by atoms with Crippen LogP contribution in [-0.2, 0) is 0 Å². The van der Waals surface area contributed by atoms with E-state index in [2.05, 4.69) is 49.4 Å². The van der Waals surface area contributed by atoms with Crippen LogP contribution in [0.2, 0.25) is 0 Å². The van der Waals surface area contributed by atoms with Gasteiger partial charge in [0, 0.05) is 6.42 Å². The van der Waals surface area contributed by atoms with Crippen LogP contribution in [0.4, 0.5) is 0 Å². The van der Waals surface area contributed by atoms with Gasteiger partial charge in [-0.1, -0.05) is 43.4 Å². The Balaban J connectivity index is 3.30. The van der Waals surface area contributed by atoms with E-state index in [1.165, 1.54) is 0 Å². The first-order valence-corrected chi connectivity index (χ1v) is 5.75. The molecule has 0 N–H and O–H groups in total. The molecule has 0 aliphatic heterocycles. The molecule has 0 aromatic heterocycles. The fourth-order valence-corrected chi connectivity index (χ4v) is 1.14. The van der Waals surface area contributed by atoms with E-state index in [0.29, 0.717) is 6.42 Å². The Labute approximate surface area is 93.8 Å². The van der Waals surface area contributed by atoms with Gasteiger partial charge in [-0.25, -0.2) is 0 Å². The number of hydrogen-bond acceptors (Lipinski definition) is 1. The predicted octanol–water partition coefficient (Wildman–Crippen LogP) is 4.54. The lowest BCUT2D eigenvalue weighted by Gasteiger charge is -1.88. The molecule has 82 valence electrons. The van der Waals surface area contributed by atoms with Crippen molar-refractivity contribution in [1.29, 1.82) is 5.26 Å². The highest BCUT2D eigenvalue weighted by atomic mass is 14.2. The summed E-state index contributed by atoms with van der Waals surface area (Å²) < 4.78 is 0. The molecule has 0 amide bonds. The van der Waals surface area contributed by atoms with Crippen molar-refractivity contribution in [2.45, 2.75) is 45.4 Å². The van der Waals surface area contributed by atoms with Gasteiger partial charge in [-0.2, -0.15) is 5.26 Å². The molecule has 1 heteroatoms. The zero-order chi connectivity index (χ0) is 11.2. The third-order valence-electron chi connectivity index (χ3n) is 1.97. The first kappa shape index (κ1) is 13.7. The number of rotatable bonds is 8. The summed E-state index contributed by atoms with van der Waals surface area (Å²) in [6.07, 6.45) is 18.9. The quantitative estimate of drug-likeness (QED) is 0.323. The van der Waals surface area contributed by atoms with Crippen molar-refractivity contribution in [2.24, 2.45) is 0 Å². The minimum atomic E-state index is 0.686. The third-order valence-corrected chi connectivity index (χ3v) is 1.97. The number of nitrogens with zero attached hydrogens (tertiary/aromatic N) is 1. The van der Waals surface area contributed by atoms with E-state index in [9.17, 15) is 0 Å². The highest BCUT2D eigenvalue weighted by Gasteiger charge is 1.82. The van der Waals surface area contributed by atoms with Crippen LogP contribution in [-0.4, -0.2) is 0 Å². The molecule has 15 heavy (non-hydrogen) atoms. The maximum Gasteiger partial charge on any atom is 0.0621 e. The van der Waals surface area contributed by atoms with Crippen LogP contribution in [0, 0.1) is 11.3 Å². The highest BCUT2D eigenvalue weighted by Crippen LogP contribution is 1.99. The number of hydrogen-bond donors (Lipinski definition) is 0. The Kier molecular flexibility index (Phi) is 11.6. The van der Waals surface area contributed by atoms with Crippen molar-refractivity contribution in [3.05, 3.63) is 36.5 Å². The second kappa shape index (κ2) is 12.7. The summed E-state index contributed by atoms with van der Waals surface area (Å²) in [6.45, 7) is 2.14. The fraction of sp³-hybridized carbons (Fsp3) is 0.500. The molecule has 0 radical (unpaired) electrons. The monoisotopic (exact) mass is 203 g/mol. The number of allylic oxidation sites excluding steroid dienone is 6. The van der Waals surface area contributed by atoms with E-state index in [1.807, 2.05) is 0 Å². The lowest BCUT2D eigenvalue weighted by Crippen LogP contribution is -1.71. The molecular weight excluding hydrogens is 182 g/mol. The molecule has 0 atom stereocenters. The molecule has 0 aliphatic carbocycles. The maximum atomic E-state index is 8.32. The molecule has 0 aliphatic rings. The lowest BCUT2D eigenvalue weighted by molar-refractivity contribution is 0.768. The first-order valence-electron chi connectivity index (χ1n) is 5.75. The molecule has 0 unspecified atom stereocenters. The standard InChI is InChI=1S/C14H21N/c1-2-3-4-5-6-7-8-9-10-11-12-13-14-15/h3-4,6-9H,2,5,10-13H2,1H3/b4-3+,7-6+,9-8+. The van der Waals surface area contributed by atoms with Gasteiger partial charge in [0.1, 0.15) is 0 Å². The zero-order valence-electron chi connectivity index (χ0n) is 9.65. The van der Waals surface area contributed by atoms with Gasteiger partial charge in [0.2, 0.25) is 0 Å². The van der Waals surface area contributed by atoms with Gasteiger partial charge < -0.3 is 0 Å². The molecular formula is C14H21N. The zero-order valence-corrected chi connectivity index (χ0v) is 9.65. The second-order valence-corrected chi connectivity index (χ2v) is 3.38. The number of nitriles is 1. The average molecular weight is 203 g/mol. The van der Waals surface area contributed by atoms with Gasteiger partial charge in [-0.15, -0.1) is 0 Å². The van der Waals surface area contributed by atoms with Crippen LogP contribution in [0.15, 0.2) is 36.5 Å². The van der Waals surface area contributed by atoms with Gasteiger partial charge >= 0.3 is 0 Å². The van der Waals surface area contributed by atoms with Crippen molar-refractivity contribution >= 4 is 0 Å². The maximum absolute atomic E-state index is 8.32.